The van der Waals surface area contributed by atoms with Crippen LogP contribution in [0, 0.1) is 13.8 Å². The van der Waals surface area contributed by atoms with E-state index >= 15 is 0 Å². The topological polar surface area (TPSA) is 106 Å². The molecule has 0 radical (unpaired) electrons. The second-order valence-electron chi connectivity index (χ2n) is 5.64. The van der Waals surface area contributed by atoms with Crippen LogP contribution in [0.1, 0.15) is 30.3 Å². The van der Waals surface area contributed by atoms with Crippen LogP contribution in [0.5, 0.6) is 0 Å². The van der Waals surface area contributed by atoms with Gasteiger partial charge in [-0.25, -0.2) is 18.4 Å². The molecule has 122 valence electrons. The maximum Gasteiger partial charge on any atom is 0.227 e. The maximum absolute atomic E-state index is 12.6. The second-order valence-corrected chi connectivity index (χ2v) is 7.87. The number of carbonyl (C=O) groups is 1. The minimum absolute atomic E-state index is 0.0583. The molecular weight excluding hydrogens is 304 g/mol. The molecule has 0 aromatic carbocycles. The molecule has 1 fully saturated rings. The first-order valence-electron chi connectivity index (χ1n) is 7.33. The Balaban J connectivity index is 2.17. The zero-order valence-electron chi connectivity index (χ0n) is 13.2. The largest absolute Gasteiger partial charge is 0.368 e. The molecule has 1 amide bonds. The number of likely N-dealkylation sites (N-methyl/N-ethyl adjacent to an activating group) is 1. The standard InChI is InChI=1S/C14H22N4O3S/c1-4-18(11-5-6-22(20,21)8-11)13(19)7-12-9(2)16-14(15)17-10(12)3/h11H,4-8H2,1-3H3,(H2,15,16,17)/t11-/m1/s1. The molecule has 1 aromatic rings. The fourth-order valence-electron chi connectivity index (χ4n) is 2.93. The van der Waals surface area contributed by atoms with Crippen molar-refractivity contribution in [3.63, 3.8) is 0 Å². The summed E-state index contributed by atoms with van der Waals surface area (Å²) in [6.45, 7) is 5.95. The number of aryl methyl sites for hydroxylation is 2. The van der Waals surface area contributed by atoms with Crippen LogP contribution in [0.25, 0.3) is 0 Å². The normalized spacial score (nSPS) is 20.0. The number of carbonyl (C=O) groups excluding carboxylic acids is 1. The van der Waals surface area contributed by atoms with Crippen LogP contribution in [-0.4, -0.2) is 53.3 Å². The summed E-state index contributed by atoms with van der Waals surface area (Å²) in [4.78, 5) is 22.4. The molecule has 2 rings (SSSR count). The molecule has 1 aliphatic heterocycles. The smallest absolute Gasteiger partial charge is 0.227 e. The molecule has 22 heavy (non-hydrogen) atoms. The quantitative estimate of drug-likeness (QED) is 0.850. The van der Waals surface area contributed by atoms with E-state index in [0.717, 1.165) is 5.56 Å². The lowest BCUT2D eigenvalue weighted by atomic mass is 10.1. The zero-order valence-corrected chi connectivity index (χ0v) is 14.0. The minimum Gasteiger partial charge on any atom is -0.368 e. The van der Waals surface area contributed by atoms with E-state index in [-0.39, 0.29) is 35.8 Å². The third-order valence-electron chi connectivity index (χ3n) is 4.08. The van der Waals surface area contributed by atoms with Gasteiger partial charge >= 0.3 is 0 Å². The van der Waals surface area contributed by atoms with Gasteiger partial charge in [0, 0.05) is 29.5 Å². The van der Waals surface area contributed by atoms with Crippen molar-refractivity contribution in [2.45, 2.75) is 39.7 Å². The van der Waals surface area contributed by atoms with Gasteiger partial charge in [0.25, 0.3) is 0 Å². The van der Waals surface area contributed by atoms with Gasteiger partial charge in [0.2, 0.25) is 11.9 Å². The fraction of sp³-hybridized carbons (Fsp3) is 0.643. The van der Waals surface area contributed by atoms with E-state index in [1.807, 2.05) is 6.92 Å². The molecule has 1 saturated heterocycles. The Morgan fingerprint density at radius 1 is 1.32 bits per heavy atom. The number of nitrogens with two attached hydrogens (primary N) is 1. The number of hydrogen-bond acceptors (Lipinski definition) is 6. The molecule has 7 nitrogen and oxygen atoms in total. The van der Waals surface area contributed by atoms with Gasteiger partial charge in [-0.05, 0) is 27.2 Å². The van der Waals surface area contributed by atoms with Gasteiger partial charge in [-0.1, -0.05) is 0 Å². The zero-order chi connectivity index (χ0) is 16.5. The molecule has 1 aliphatic rings. The minimum atomic E-state index is -3.01. The monoisotopic (exact) mass is 326 g/mol. The number of nitrogens with zero attached hydrogens (tertiary/aromatic N) is 3. The number of aromatic nitrogens is 2. The Morgan fingerprint density at radius 3 is 2.36 bits per heavy atom. The third-order valence-corrected chi connectivity index (χ3v) is 5.83. The summed E-state index contributed by atoms with van der Waals surface area (Å²) >= 11 is 0. The Labute approximate surface area is 130 Å². The lowest BCUT2D eigenvalue weighted by Crippen LogP contribution is -2.42. The SMILES string of the molecule is CCN(C(=O)Cc1c(C)nc(N)nc1C)[C@@H]1CCS(=O)(=O)C1. The fourth-order valence-corrected chi connectivity index (χ4v) is 4.66. The van der Waals surface area contributed by atoms with E-state index in [9.17, 15) is 13.2 Å². The first kappa shape index (κ1) is 16.7. The average molecular weight is 326 g/mol. The van der Waals surface area contributed by atoms with Crippen LogP contribution < -0.4 is 5.73 Å². The molecule has 0 unspecified atom stereocenters. The van der Waals surface area contributed by atoms with Crippen LogP contribution in [0.15, 0.2) is 0 Å². The first-order chi connectivity index (χ1) is 10.2. The Bertz CT molecular complexity index is 664. The summed E-state index contributed by atoms with van der Waals surface area (Å²) in [5.41, 5.74) is 7.73. The highest BCUT2D eigenvalue weighted by Gasteiger charge is 2.34. The van der Waals surface area contributed by atoms with Crippen molar-refractivity contribution in [1.82, 2.24) is 14.9 Å². The van der Waals surface area contributed by atoms with Gasteiger partial charge in [0.05, 0.1) is 17.9 Å². The molecule has 1 aromatic heterocycles. The lowest BCUT2D eigenvalue weighted by Gasteiger charge is -2.27. The highest BCUT2D eigenvalue weighted by molar-refractivity contribution is 7.91. The van der Waals surface area contributed by atoms with Gasteiger partial charge in [0.15, 0.2) is 9.84 Å². The molecular formula is C14H22N4O3S. The molecule has 8 heteroatoms. The van der Waals surface area contributed by atoms with E-state index in [1.54, 1.807) is 18.7 Å². The van der Waals surface area contributed by atoms with E-state index in [0.29, 0.717) is 24.4 Å². The molecule has 1 atom stereocenters. The summed E-state index contributed by atoms with van der Waals surface area (Å²) < 4.78 is 23.2. The van der Waals surface area contributed by atoms with E-state index < -0.39 is 9.84 Å². The Morgan fingerprint density at radius 2 is 1.91 bits per heavy atom. The van der Waals surface area contributed by atoms with Crippen LogP contribution in [0.3, 0.4) is 0 Å². The van der Waals surface area contributed by atoms with Crippen molar-refractivity contribution in [2.75, 3.05) is 23.8 Å². The number of amides is 1. The maximum atomic E-state index is 12.6. The van der Waals surface area contributed by atoms with Crippen molar-refractivity contribution in [3.8, 4) is 0 Å². The number of nitrogen functional groups attached to an aromatic ring is 1. The number of hydrogen-bond donors (Lipinski definition) is 1. The van der Waals surface area contributed by atoms with Crippen LogP contribution in [-0.2, 0) is 21.1 Å². The lowest BCUT2D eigenvalue weighted by molar-refractivity contribution is -0.132. The van der Waals surface area contributed by atoms with Gasteiger partial charge in [-0.3, -0.25) is 4.79 Å². The van der Waals surface area contributed by atoms with Crippen molar-refractivity contribution >= 4 is 21.7 Å². The average Bonchev–Trinajstić information content (AvgIpc) is 2.75. The van der Waals surface area contributed by atoms with E-state index in [2.05, 4.69) is 9.97 Å². The van der Waals surface area contributed by atoms with Crippen LogP contribution in [0.2, 0.25) is 0 Å². The molecule has 2 heterocycles. The van der Waals surface area contributed by atoms with E-state index in [4.69, 9.17) is 5.73 Å². The predicted molar refractivity (Wildman–Crippen MR) is 84.1 cm³/mol. The third kappa shape index (κ3) is 3.55. The predicted octanol–water partition coefficient (Wildman–Crippen LogP) is 0.254. The molecule has 0 saturated carbocycles. The van der Waals surface area contributed by atoms with Gasteiger partial charge in [-0.2, -0.15) is 0 Å². The molecule has 2 N–H and O–H groups in total. The van der Waals surface area contributed by atoms with Crippen LogP contribution >= 0.6 is 0 Å². The summed E-state index contributed by atoms with van der Waals surface area (Å²) in [5, 5.41) is 0. The van der Waals surface area contributed by atoms with Crippen LogP contribution in [0.4, 0.5) is 5.95 Å². The van der Waals surface area contributed by atoms with Crippen molar-refractivity contribution in [3.05, 3.63) is 17.0 Å². The summed E-state index contributed by atoms with van der Waals surface area (Å²) in [5.74, 6) is 0.317. The van der Waals surface area contributed by atoms with Crippen molar-refractivity contribution < 1.29 is 13.2 Å². The summed E-state index contributed by atoms with van der Waals surface area (Å²) in [6.07, 6.45) is 0.681. The second kappa shape index (κ2) is 6.20. The Kier molecular flexibility index (Phi) is 4.69. The molecule has 0 bridgehead atoms. The highest BCUT2D eigenvalue weighted by Crippen LogP contribution is 2.20. The van der Waals surface area contributed by atoms with Gasteiger partial charge < -0.3 is 10.6 Å². The highest BCUT2D eigenvalue weighted by atomic mass is 32.2. The molecule has 0 spiro atoms. The summed E-state index contributed by atoms with van der Waals surface area (Å²) in [7, 11) is -3.01. The number of rotatable bonds is 4. The van der Waals surface area contributed by atoms with Gasteiger partial charge in [0.1, 0.15) is 0 Å². The molecule has 0 aliphatic carbocycles. The first-order valence-corrected chi connectivity index (χ1v) is 9.15. The van der Waals surface area contributed by atoms with Gasteiger partial charge in [-0.15, -0.1) is 0 Å². The number of anilines is 1. The van der Waals surface area contributed by atoms with Crippen molar-refractivity contribution in [2.24, 2.45) is 0 Å². The van der Waals surface area contributed by atoms with Crippen molar-refractivity contribution in [1.29, 1.82) is 0 Å². The summed E-state index contributed by atoms with van der Waals surface area (Å²) in [6, 6.07) is -0.224. The number of sulfone groups is 1. The Hall–Kier alpha value is -1.70. The van der Waals surface area contributed by atoms with E-state index in [1.165, 1.54) is 0 Å².